The Morgan fingerprint density at radius 1 is 1.42 bits per heavy atom. The molecule has 0 N–H and O–H groups in total. The number of alkyl halides is 1. The summed E-state index contributed by atoms with van der Waals surface area (Å²) >= 11 is 11.8. The topological polar surface area (TPSA) is 21.1 Å². The number of aromatic nitrogens is 2. The van der Waals surface area contributed by atoms with Crippen LogP contribution in [0, 0.1) is 5.82 Å². The van der Waals surface area contributed by atoms with Crippen molar-refractivity contribution in [2.75, 3.05) is 20.1 Å². The summed E-state index contributed by atoms with van der Waals surface area (Å²) < 4.78 is 15.4. The molecule has 2 aromatic rings. The van der Waals surface area contributed by atoms with E-state index in [0.717, 1.165) is 31.0 Å². The van der Waals surface area contributed by atoms with Gasteiger partial charge in [-0.25, -0.2) is 9.37 Å². The normalized spacial score (nSPS) is 11.7. The van der Waals surface area contributed by atoms with Crippen LogP contribution in [0.25, 0.3) is 11.0 Å². The molecule has 104 valence electrons. The predicted octanol–water partition coefficient (Wildman–Crippen LogP) is 3.52. The fraction of sp³-hybridized carbons (Fsp3) is 0.462. The Hall–Kier alpha value is -0.840. The van der Waals surface area contributed by atoms with Gasteiger partial charge in [0.15, 0.2) is 0 Å². The summed E-state index contributed by atoms with van der Waals surface area (Å²) in [5, 5.41) is 0.110. The molecular weight excluding hydrogens is 288 g/mol. The lowest BCUT2D eigenvalue weighted by atomic mass is 10.3. The molecule has 0 radical (unpaired) electrons. The quantitative estimate of drug-likeness (QED) is 0.788. The van der Waals surface area contributed by atoms with E-state index in [9.17, 15) is 4.39 Å². The molecule has 2 rings (SSSR count). The second-order valence-electron chi connectivity index (χ2n) is 4.46. The molecule has 0 aliphatic heterocycles. The zero-order chi connectivity index (χ0) is 14.0. The van der Waals surface area contributed by atoms with Crippen LogP contribution in [0.2, 0.25) is 5.02 Å². The second-order valence-corrected chi connectivity index (χ2v) is 5.14. The molecule has 19 heavy (non-hydrogen) atoms. The Kier molecular flexibility index (Phi) is 4.66. The van der Waals surface area contributed by atoms with Crippen LogP contribution in [-0.4, -0.2) is 34.6 Å². The summed E-state index contributed by atoms with van der Waals surface area (Å²) in [6.07, 6.45) is 0. The van der Waals surface area contributed by atoms with E-state index in [1.165, 1.54) is 6.07 Å². The van der Waals surface area contributed by atoms with Gasteiger partial charge in [0, 0.05) is 19.2 Å². The SMILES string of the molecule is CCN(C)CCn1c(CCl)nc2cc(F)c(Cl)cc21. The van der Waals surface area contributed by atoms with Crippen molar-refractivity contribution < 1.29 is 4.39 Å². The smallest absolute Gasteiger partial charge is 0.144 e. The molecule has 0 unspecified atom stereocenters. The minimum Gasteiger partial charge on any atom is -0.326 e. The molecule has 0 saturated heterocycles. The fourth-order valence-corrected chi connectivity index (χ4v) is 2.31. The molecule has 1 heterocycles. The van der Waals surface area contributed by atoms with E-state index in [-0.39, 0.29) is 5.02 Å². The highest BCUT2D eigenvalue weighted by Gasteiger charge is 2.13. The highest BCUT2D eigenvalue weighted by molar-refractivity contribution is 6.31. The third-order valence-corrected chi connectivity index (χ3v) is 3.76. The van der Waals surface area contributed by atoms with Crippen molar-refractivity contribution in [2.45, 2.75) is 19.3 Å². The average Bonchev–Trinajstić information content (AvgIpc) is 2.73. The molecule has 0 spiro atoms. The van der Waals surface area contributed by atoms with Crippen LogP contribution in [0.3, 0.4) is 0 Å². The largest absolute Gasteiger partial charge is 0.326 e. The summed E-state index contributed by atoms with van der Waals surface area (Å²) in [6, 6.07) is 2.97. The zero-order valence-corrected chi connectivity index (χ0v) is 12.5. The Bertz CT molecular complexity index is 583. The molecule has 3 nitrogen and oxygen atoms in total. The first-order valence-corrected chi connectivity index (χ1v) is 7.06. The van der Waals surface area contributed by atoms with E-state index in [4.69, 9.17) is 23.2 Å². The van der Waals surface area contributed by atoms with Crippen LogP contribution in [0.15, 0.2) is 12.1 Å². The minimum atomic E-state index is -0.453. The average molecular weight is 304 g/mol. The molecule has 0 aliphatic rings. The minimum absolute atomic E-state index is 0.110. The first-order valence-electron chi connectivity index (χ1n) is 6.15. The van der Waals surface area contributed by atoms with Crippen molar-refractivity contribution in [3.63, 3.8) is 0 Å². The molecular formula is C13H16Cl2FN3. The molecule has 0 aliphatic carbocycles. The lowest BCUT2D eigenvalue weighted by Gasteiger charge is -2.15. The number of halogens is 3. The van der Waals surface area contributed by atoms with Gasteiger partial charge in [-0.3, -0.25) is 0 Å². The lowest BCUT2D eigenvalue weighted by molar-refractivity contribution is 0.335. The Labute approximate surface area is 121 Å². The molecule has 1 aromatic heterocycles. The second kappa shape index (κ2) is 6.07. The summed E-state index contributed by atoms with van der Waals surface area (Å²) in [5.74, 6) is 0.581. The van der Waals surface area contributed by atoms with E-state index in [0.29, 0.717) is 11.4 Å². The number of likely N-dealkylation sites (N-methyl/N-ethyl adjacent to an activating group) is 1. The highest BCUT2D eigenvalue weighted by atomic mass is 35.5. The molecule has 0 bridgehead atoms. The maximum atomic E-state index is 13.4. The predicted molar refractivity (Wildman–Crippen MR) is 77.4 cm³/mol. The number of nitrogens with zero attached hydrogens (tertiary/aromatic N) is 3. The van der Waals surface area contributed by atoms with Gasteiger partial charge in [0.25, 0.3) is 0 Å². The Balaban J connectivity index is 2.42. The number of benzene rings is 1. The first-order chi connectivity index (χ1) is 9.06. The van der Waals surface area contributed by atoms with Gasteiger partial charge in [-0.2, -0.15) is 0 Å². The number of hydrogen-bond donors (Lipinski definition) is 0. The third kappa shape index (κ3) is 3.02. The molecule has 0 atom stereocenters. The maximum Gasteiger partial charge on any atom is 0.144 e. The van der Waals surface area contributed by atoms with Crippen molar-refractivity contribution >= 4 is 34.2 Å². The molecule has 0 amide bonds. The summed E-state index contributed by atoms with van der Waals surface area (Å²) in [7, 11) is 2.05. The van der Waals surface area contributed by atoms with Crippen LogP contribution >= 0.6 is 23.2 Å². The third-order valence-electron chi connectivity index (χ3n) is 3.23. The lowest BCUT2D eigenvalue weighted by Crippen LogP contribution is -2.23. The van der Waals surface area contributed by atoms with Gasteiger partial charge in [0.2, 0.25) is 0 Å². The van der Waals surface area contributed by atoms with Crippen LogP contribution in [-0.2, 0) is 12.4 Å². The number of rotatable bonds is 5. The van der Waals surface area contributed by atoms with Gasteiger partial charge in [-0.15, -0.1) is 11.6 Å². The van der Waals surface area contributed by atoms with E-state index < -0.39 is 5.82 Å². The van der Waals surface area contributed by atoms with E-state index in [1.807, 2.05) is 11.6 Å². The molecule has 0 saturated carbocycles. The number of imidazole rings is 1. The van der Waals surface area contributed by atoms with Gasteiger partial charge in [-0.1, -0.05) is 18.5 Å². The Morgan fingerprint density at radius 3 is 2.79 bits per heavy atom. The van der Waals surface area contributed by atoms with Crippen LogP contribution in [0.1, 0.15) is 12.7 Å². The van der Waals surface area contributed by atoms with E-state index >= 15 is 0 Å². The maximum absolute atomic E-state index is 13.4. The molecule has 0 fully saturated rings. The fourth-order valence-electron chi connectivity index (χ4n) is 1.95. The van der Waals surface area contributed by atoms with Gasteiger partial charge in [0.1, 0.15) is 11.6 Å². The van der Waals surface area contributed by atoms with Gasteiger partial charge in [-0.05, 0) is 19.7 Å². The van der Waals surface area contributed by atoms with E-state index in [1.54, 1.807) is 6.07 Å². The summed E-state index contributed by atoms with van der Waals surface area (Å²) in [5.41, 5.74) is 1.42. The van der Waals surface area contributed by atoms with Crippen molar-refractivity contribution in [1.82, 2.24) is 14.5 Å². The van der Waals surface area contributed by atoms with E-state index in [2.05, 4.69) is 16.8 Å². The number of fused-ring (bicyclic) bond motifs is 1. The van der Waals surface area contributed by atoms with Crippen molar-refractivity contribution in [3.05, 3.63) is 28.8 Å². The van der Waals surface area contributed by atoms with Gasteiger partial charge in [0.05, 0.1) is 21.9 Å². The summed E-state index contributed by atoms with van der Waals surface area (Å²) in [6.45, 7) is 4.70. The first kappa shape index (κ1) is 14.6. The van der Waals surface area contributed by atoms with Crippen molar-refractivity contribution in [2.24, 2.45) is 0 Å². The van der Waals surface area contributed by atoms with Crippen molar-refractivity contribution in [1.29, 1.82) is 0 Å². The highest BCUT2D eigenvalue weighted by Crippen LogP contribution is 2.24. The van der Waals surface area contributed by atoms with Gasteiger partial charge < -0.3 is 9.47 Å². The summed E-state index contributed by atoms with van der Waals surface area (Å²) in [4.78, 5) is 6.54. The van der Waals surface area contributed by atoms with Crippen molar-refractivity contribution in [3.8, 4) is 0 Å². The number of hydrogen-bond acceptors (Lipinski definition) is 2. The van der Waals surface area contributed by atoms with Crippen LogP contribution in [0.5, 0.6) is 0 Å². The van der Waals surface area contributed by atoms with Crippen LogP contribution in [0.4, 0.5) is 4.39 Å². The molecule has 1 aromatic carbocycles. The zero-order valence-electron chi connectivity index (χ0n) is 11.0. The standard InChI is InChI=1S/C13H16Cl2FN3/c1-3-18(2)4-5-19-12-6-9(15)10(16)7-11(12)17-13(19)8-14/h6-7H,3-5,8H2,1-2H3. The monoisotopic (exact) mass is 303 g/mol. The molecule has 6 heteroatoms. The van der Waals surface area contributed by atoms with Crippen LogP contribution < -0.4 is 0 Å². The Morgan fingerprint density at radius 2 is 2.16 bits per heavy atom. The van der Waals surface area contributed by atoms with Gasteiger partial charge >= 0.3 is 0 Å².